The zero-order valence-electron chi connectivity index (χ0n) is 15.0. The van der Waals surface area contributed by atoms with Gasteiger partial charge in [-0.1, -0.05) is 60.4 Å². The van der Waals surface area contributed by atoms with Gasteiger partial charge in [0.05, 0.1) is 10.9 Å². The summed E-state index contributed by atoms with van der Waals surface area (Å²) in [4.78, 5) is 21.2. The van der Waals surface area contributed by atoms with Gasteiger partial charge in [0.1, 0.15) is 23.0 Å². The number of benzene rings is 1. The van der Waals surface area contributed by atoms with Crippen LogP contribution in [0.3, 0.4) is 0 Å². The molecule has 2 heterocycles. The Morgan fingerprint density at radius 3 is 2.81 bits per heavy atom. The molecule has 0 spiro atoms. The topological polar surface area (TPSA) is 89.9 Å². The molecule has 0 aliphatic heterocycles. The lowest BCUT2D eigenvalue weighted by Gasteiger charge is -2.13. The van der Waals surface area contributed by atoms with Crippen molar-refractivity contribution >= 4 is 34.1 Å². The largest absolute Gasteiger partial charge is 0.377 e. The standard InChI is InChI=1S/C18H19N5O2S2/c1-3-14(17(24)21-18-23-22-16(27-18)10-25-2)26-15-9-13(19-11-20-15)12-7-5-4-6-8-12/h4-9,11,14H,3,10H2,1-2H3,(H,21,23,24). The highest BCUT2D eigenvalue weighted by Gasteiger charge is 2.20. The molecule has 1 atom stereocenters. The summed E-state index contributed by atoms with van der Waals surface area (Å²) >= 11 is 2.72. The van der Waals surface area contributed by atoms with Gasteiger partial charge in [0.2, 0.25) is 11.0 Å². The number of carbonyl (C=O) groups is 1. The van der Waals surface area contributed by atoms with Crippen LogP contribution in [0.5, 0.6) is 0 Å². The second kappa shape index (κ2) is 9.54. The Morgan fingerprint density at radius 2 is 2.07 bits per heavy atom. The van der Waals surface area contributed by atoms with Crippen molar-refractivity contribution in [3.05, 3.63) is 47.7 Å². The van der Waals surface area contributed by atoms with Gasteiger partial charge in [0, 0.05) is 12.7 Å². The van der Waals surface area contributed by atoms with E-state index in [9.17, 15) is 4.79 Å². The van der Waals surface area contributed by atoms with Gasteiger partial charge in [-0.25, -0.2) is 9.97 Å². The van der Waals surface area contributed by atoms with Gasteiger partial charge in [-0.2, -0.15) is 0 Å². The summed E-state index contributed by atoms with van der Waals surface area (Å²) in [7, 11) is 1.59. The molecule has 0 fully saturated rings. The third-order valence-electron chi connectivity index (χ3n) is 3.60. The van der Waals surface area contributed by atoms with Crippen molar-refractivity contribution in [3.8, 4) is 11.3 Å². The maximum absolute atomic E-state index is 12.6. The first kappa shape index (κ1) is 19.4. The number of rotatable bonds is 8. The van der Waals surface area contributed by atoms with Crippen LogP contribution in [0.15, 0.2) is 47.8 Å². The monoisotopic (exact) mass is 401 g/mol. The van der Waals surface area contributed by atoms with E-state index in [1.54, 1.807) is 7.11 Å². The predicted octanol–water partition coefficient (Wildman–Crippen LogP) is 3.65. The molecule has 27 heavy (non-hydrogen) atoms. The van der Waals surface area contributed by atoms with E-state index in [-0.39, 0.29) is 11.2 Å². The number of methoxy groups -OCH3 is 1. The molecular weight excluding hydrogens is 382 g/mol. The fraction of sp³-hybridized carbons (Fsp3) is 0.278. The van der Waals surface area contributed by atoms with Gasteiger partial charge in [-0.05, 0) is 12.5 Å². The van der Waals surface area contributed by atoms with Crippen molar-refractivity contribution in [2.45, 2.75) is 30.2 Å². The van der Waals surface area contributed by atoms with E-state index in [0.717, 1.165) is 21.3 Å². The lowest BCUT2D eigenvalue weighted by Crippen LogP contribution is -2.24. The first-order valence-electron chi connectivity index (χ1n) is 8.36. The van der Waals surface area contributed by atoms with E-state index < -0.39 is 0 Å². The van der Waals surface area contributed by atoms with Gasteiger partial charge in [0.25, 0.3) is 0 Å². The molecule has 1 N–H and O–H groups in total. The van der Waals surface area contributed by atoms with Crippen molar-refractivity contribution in [3.63, 3.8) is 0 Å². The average molecular weight is 402 g/mol. The second-order valence-corrected chi connectivity index (χ2v) is 7.83. The van der Waals surface area contributed by atoms with Crippen LogP contribution in [0.1, 0.15) is 18.4 Å². The third kappa shape index (κ3) is 5.31. The van der Waals surface area contributed by atoms with Crippen LogP contribution < -0.4 is 5.32 Å². The van der Waals surface area contributed by atoms with E-state index >= 15 is 0 Å². The molecule has 1 amide bonds. The van der Waals surface area contributed by atoms with E-state index in [1.165, 1.54) is 29.4 Å². The van der Waals surface area contributed by atoms with Crippen LogP contribution in [0.25, 0.3) is 11.3 Å². The maximum Gasteiger partial charge on any atom is 0.239 e. The van der Waals surface area contributed by atoms with Crippen LogP contribution in [-0.2, 0) is 16.1 Å². The van der Waals surface area contributed by atoms with E-state index in [2.05, 4.69) is 25.5 Å². The molecule has 2 aromatic heterocycles. The highest BCUT2D eigenvalue weighted by Crippen LogP contribution is 2.28. The lowest BCUT2D eigenvalue weighted by atomic mass is 10.1. The minimum absolute atomic E-state index is 0.123. The number of hydrogen-bond acceptors (Lipinski definition) is 8. The van der Waals surface area contributed by atoms with Crippen LogP contribution in [0.4, 0.5) is 5.13 Å². The van der Waals surface area contributed by atoms with Gasteiger partial charge >= 0.3 is 0 Å². The molecule has 0 saturated heterocycles. The molecule has 3 aromatic rings. The summed E-state index contributed by atoms with van der Waals surface area (Å²) < 4.78 is 5.02. The van der Waals surface area contributed by atoms with Crippen LogP contribution in [-0.4, -0.2) is 38.4 Å². The lowest BCUT2D eigenvalue weighted by molar-refractivity contribution is -0.115. The average Bonchev–Trinajstić information content (AvgIpc) is 3.14. The molecule has 3 rings (SSSR count). The fourth-order valence-corrected chi connectivity index (χ4v) is 3.94. The first-order valence-corrected chi connectivity index (χ1v) is 10.1. The Balaban J connectivity index is 1.68. The molecule has 0 radical (unpaired) electrons. The van der Waals surface area contributed by atoms with E-state index in [1.807, 2.05) is 43.3 Å². The summed E-state index contributed by atoms with van der Waals surface area (Å²) in [6, 6.07) is 11.8. The summed E-state index contributed by atoms with van der Waals surface area (Å²) in [5.41, 5.74) is 1.84. The smallest absolute Gasteiger partial charge is 0.239 e. The molecule has 0 aliphatic carbocycles. The maximum atomic E-state index is 12.6. The van der Waals surface area contributed by atoms with Gasteiger partial charge < -0.3 is 4.74 Å². The Hall–Kier alpha value is -2.36. The number of carbonyl (C=O) groups excluding carboxylic acids is 1. The van der Waals surface area contributed by atoms with Crippen LogP contribution >= 0.6 is 23.1 Å². The molecule has 0 bridgehead atoms. The summed E-state index contributed by atoms with van der Waals surface area (Å²) in [5.74, 6) is -0.123. The second-order valence-electron chi connectivity index (χ2n) is 5.55. The van der Waals surface area contributed by atoms with Crippen molar-refractivity contribution < 1.29 is 9.53 Å². The highest BCUT2D eigenvalue weighted by molar-refractivity contribution is 8.00. The number of ether oxygens (including phenoxy) is 1. The number of amides is 1. The van der Waals surface area contributed by atoms with Crippen molar-refractivity contribution in [1.29, 1.82) is 0 Å². The molecule has 1 unspecified atom stereocenters. The van der Waals surface area contributed by atoms with Gasteiger partial charge in [-0.15, -0.1) is 10.2 Å². The normalized spacial score (nSPS) is 11.9. The van der Waals surface area contributed by atoms with E-state index in [0.29, 0.717) is 18.2 Å². The molecule has 9 heteroatoms. The zero-order chi connectivity index (χ0) is 19.1. The number of nitrogens with one attached hydrogen (secondary N) is 1. The molecule has 1 aromatic carbocycles. The SMILES string of the molecule is CCC(Sc1cc(-c2ccccc2)ncn1)C(=O)Nc1nnc(COC)s1. The molecule has 7 nitrogen and oxygen atoms in total. The number of anilines is 1. The Morgan fingerprint density at radius 1 is 1.26 bits per heavy atom. The quantitative estimate of drug-likeness (QED) is 0.455. The van der Waals surface area contributed by atoms with Crippen LogP contribution in [0, 0.1) is 0 Å². The molecule has 140 valence electrons. The Labute approximate surface area is 165 Å². The number of hydrogen-bond donors (Lipinski definition) is 1. The minimum Gasteiger partial charge on any atom is -0.377 e. The number of aromatic nitrogens is 4. The minimum atomic E-state index is -0.293. The van der Waals surface area contributed by atoms with E-state index in [4.69, 9.17) is 4.74 Å². The number of nitrogens with zero attached hydrogens (tertiary/aromatic N) is 4. The van der Waals surface area contributed by atoms with Crippen LogP contribution in [0.2, 0.25) is 0 Å². The van der Waals surface area contributed by atoms with Crippen molar-refractivity contribution in [1.82, 2.24) is 20.2 Å². The van der Waals surface area contributed by atoms with Gasteiger partial charge in [-0.3, -0.25) is 10.1 Å². The number of thioether (sulfide) groups is 1. The van der Waals surface area contributed by atoms with Crippen molar-refractivity contribution in [2.24, 2.45) is 0 Å². The molecule has 0 saturated carbocycles. The van der Waals surface area contributed by atoms with Gasteiger partial charge in [0.15, 0.2) is 0 Å². The summed E-state index contributed by atoms with van der Waals surface area (Å²) in [6.07, 6.45) is 2.18. The predicted molar refractivity (Wildman–Crippen MR) is 107 cm³/mol. The summed E-state index contributed by atoms with van der Waals surface area (Å²) in [6.45, 7) is 2.34. The zero-order valence-corrected chi connectivity index (χ0v) is 16.6. The van der Waals surface area contributed by atoms with Crippen molar-refractivity contribution in [2.75, 3.05) is 12.4 Å². The highest BCUT2D eigenvalue weighted by atomic mass is 32.2. The third-order valence-corrected chi connectivity index (χ3v) is 5.71. The Bertz CT molecular complexity index is 888. The fourth-order valence-electron chi connectivity index (χ4n) is 2.31. The first-order chi connectivity index (χ1) is 13.2. The molecular formula is C18H19N5O2S2. The molecule has 0 aliphatic rings. The summed E-state index contributed by atoms with van der Waals surface area (Å²) in [5, 5.41) is 12.4. The Kier molecular flexibility index (Phi) is 6.86.